The quantitative estimate of drug-likeness (QED) is 0.610. The summed E-state index contributed by atoms with van der Waals surface area (Å²) in [6.45, 7) is 0.233. The fourth-order valence-corrected chi connectivity index (χ4v) is 4.17. The summed E-state index contributed by atoms with van der Waals surface area (Å²) in [5.41, 5.74) is 0.266. The van der Waals surface area contributed by atoms with E-state index in [1.807, 2.05) is 36.4 Å². The number of carbonyl (C=O) groups is 2. The minimum atomic E-state index is -1.13. The zero-order chi connectivity index (χ0) is 20.0. The van der Waals surface area contributed by atoms with Gasteiger partial charge in [0.05, 0.1) is 12.2 Å². The summed E-state index contributed by atoms with van der Waals surface area (Å²) in [6, 6.07) is 14.2. The maximum Gasteiger partial charge on any atom is 0.325 e. The van der Waals surface area contributed by atoms with Gasteiger partial charge in [-0.05, 0) is 34.1 Å². The van der Waals surface area contributed by atoms with Gasteiger partial charge in [-0.1, -0.05) is 30.3 Å². The highest BCUT2D eigenvalue weighted by molar-refractivity contribution is 9.10. The van der Waals surface area contributed by atoms with Gasteiger partial charge < -0.3 is 14.5 Å². The molecule has 3 aromatic rings. The molecule has 2 aliphatic heterocycles. The van der Waals surface area contributed by atoms with Gasteiger partial charge in [-0.3, -0.25) is 9.69 Å². The second-order valence-corrected chi connectivity index (χ2v) is 7.66. The number of nitrogens with one attached hydrogen (secondary N) is 1. The molecule has 1 unspecified atom stereocenters. The van der Waals surface area contributed by atoms with Crippen LogP contribution < -0.4 is 10.1 Å². The van der Waals surface area contributed by atoms with Crippen molar-refractivity contribution in [2.75, 3.05) is 6.61 Å². The highest BCUT2D eigenvalue weighted by Crippen LogP contribution is 2.41. The van der Waals surface area contributed by atoms with Crippen LogP contribution in [0.4, 0.5) is 4.79 Å². The van der Waals surface area contributed by atoms with Crippen LogP contribution in [0.5, 0.6) is 5.75 Å². The first kappa shape index (κ1) is 17.9. The van der Waals surface area contributed by atoms with Crippen molar-refractivity contribution in [2.24, 2.45) is 0 Å². The second kappa shape index (κ2) is 6.70. The lowest BCUT2D eigenvalue weighted by Gasteiger charge is -2.33. The summed E-state index contributed by atoms with van der Waals surface area (Å²) in [5.74, 6) is 0.740. The predicted octanol–water partition coefficient (Wildman–Crippen LogP) is 3.23. The number of nitrogens with zero attached hydrogens (tertiary/aromatic N) is 3. The minimum absolute atomic E-state index is 0.104. The number of benzene rings is 2. The van der Waals surface area contributed by atoms with Crippen molar-refractivity contribution in [1.29, 1.82) is 0 Å². The average molecular weight is 455 g/mol. The Hall–Kier alpha value is -3.20. The molecule has 2 aliphatic rings. The molecule has 1 fully saturated rings. The molecule has 3 heterocycles. The Morgan fingerprint density at radius 1 is 1.10 bits per heavy atom. The molecule has 0 radical (unpaired) electrons. The number of aromatic nitrogens is 2. The standard InChI is InChI=1S/C20H15BrN4O4/c21-14-7-3-1-5-12(14)17-24-23-16(29-17)11-25-18(26)20(22-19(25)27)9-10-28-15-8-4-2-6-13(15)20/h1-8H,9-11H2,(H,22,27). The smallest absolute Gasteiger partial charge is 0.325 e. The molecule has 1 saturated heterocycles. The molecule has 0 saturated carbocycles. The fourth-order valence-electron chi connectivity index (χ4n) is 3.71. The molecular weight excluding hydrogens is 440 g/mol. The Bertz CT molecular complexity index is 1130. The van der Waals surface area contributed by atoms with Crippen molar-refractivity contribution >= 4 is 27.9 Å². The van der Waals surface area contributed by atoms with Gasteiger partial charge >= 0.3 is 6.03 Å². The van der Waals surface area contributed by atoms with Gasteiger partial charge in [0.15, 0.2) is 5.54 Å². The topological polar surface area (TPSA) is 97.6 Å². The Balaban J connectivity index is 1.44. The Morgan fingerprint density at radius 2 is 1.90 bits per heavy atom. The lowest BCUT2D eigenvalue weighted by atomic mass is 9.84. The number of fused-ring (bicyclic) bond motifs is 2. The van der Waals surface area contributed by atoms with Crippen LogP contribution in [0.3, 0.4) is 0 Å². The van der Waals surface area contributed by atoms with E-state index >= 15 is 0 Å². The highest BCUT2D eigenvalue weighted by atomic mass is 79.9. The predicted molar refractivity (Wildman–Crippen MR) is 105 cm³/mol. The van der Waals surface area contributed by atoms with E-state index in [1.165, 1.54) is 0 Å². The van der Waals surface area contributed by atoms with E-state index in [2.05, 4.69) is 31.4 Å². The van der Waals surface area contributed by atoms with Crippen LogP contribution in [0.25, 0.3) is 11.5 Å². The van der Waals surface area contributed by atoms with E-state index < -0.39 is 11.6 Å². The molecule has 2 aromatic carbocycles. The molecule has 1 aromatic heterocycles. The number of rotatable bonds is 3. The molecule has 29 heavy (non-hydrogen) atoms. The number of urea groups is 1. The molecule has 5 rings (SSSR count). The number of ether oxygens (including phenoxy) is 1. The lowest BCUT2D eigenvalue weighted by Crippen LogP contribution is -2.47. The van der Waals surface area contributed by atoms with E-state index in [-0.39, 0.29) is 18.3 Å². The minimum Gasteiger partial charge on any atom is -0.493 e. The van der Waals surface area contributed by atoms with Crippen LogP contribution in [0.15, 0.2) is 57.4 Å². The first-order valence-electron chi connectivity index (χ1n) is 9.02. The third-order valence-electron chi connectivity index (χ3n) is 5.12. The number of imide groups is 1. The summed E-state index contributed by atoms with van der Waals surface area (Å²) in [4.78, 5) is 27.0. The number of hydrogen-bond acceptors (Lipinski definition) is 6. The number of amides is 3. The number of para-hydroxylation sites is 1. The van der Waals surface area contributed by atoms with E-state index in [4.69, 9.17) is 9.15 Å². The first-order chi connectivity index (χ1) is 14.1. The monoisotopic (exact) mass is 454 g/mol. The maximum atomic E-state index is 13.3. The van der Waals surface area contributed by atoms with E-state index in [9.17, 15) is 9.59 Å². The van der Waals surface area contributed by atoms with Crippen molar-refractivity contribution < 1.29 is 18.7 Å². The first-order valence-corrected chi connectivity index (χ1v) is 9.81. The molecule has 1 N–H and O–H groups in total. The van der Waals surface area contributed by atoms with Crippen LogP contribution in [0, 0.1) is 0 Å². The number of halogens is 1. The molecule has 8 nitrogen and oxygen atoms in total. The summed E-state index contributed by atoms with van der Waals surface area (Å²) >= 11 is 3.44. The van der Waals surface area contributed by atoms with Crippen LogP contribution in [-0.4, -0.2) is 33.6 Å². The Labute approximate surface area is 174 Å². The zero-order valence-corrected chi connectivity index (χ0v) is 16.7. The molecular formula is C20H15BrN4O4. The van der Waals surface area contributed by atoms with E-state index in [0.29, 0.717) is 30.2 Å². The van der Waals surface area contributed by atoms with E-state index in [1.54, 1.807) is 12.1 Å². The van der Waals surface area contributed by atoms with Crippen molar-refractivity contribution in [2.45, 2.75) is 18.5 Å². The SMILES string of the molecule is O=C1NC2(CCOc3ccccc32)C(=O)N1Cc1nnc(-c2ccccc2Br)o1. The van der Waals surface area contributed by atoms with Gasteiger partial charge in [-0.25, -0.2) is 4.79 Å². The molecule has 9 heteroatoms. The van der Waals surface area contributed by atoms with Crippen molar-refractivity contribution in [3.63, 3.8) is 0 Å². The van der Waals surface area contributed by atoms with Crippen LogP contribution in [-0.2, 0) is 16.9 Å². The lowest BCUT2D eigenvalue weighted by molar-refractivity contribution is -0.133. The second-order valence-electron chi connectivity index (χ2n) is 6.80. The van der Waals surface area contributed by atoms with Crippen molar-refractivity contribution in [1.82, 2.24) is 20.4 Å². The Kier molecular flexibility index (Phi) is 4.13. The molecule has 0 aliphatic carbocycles. The van der Waals surface area contributed by atoms with Crippen LogP contribution in [0.2, 0.25) is 0 Å². The van der Waals surface area contributed by atoms with Gasteiger partial charge in [-0.15, -0.1) is 10.2 Å². The summed E-state index contributed by atoms with van der Waals surface area (Å²) in [7, 11) is 0. The summed E-state index contributed by atoms with van der Waals surface area (Å²) < 4.78 is 12.2. The Morgan fingerprint density at radius 3 is 2.76 bits per heavy atom. The fraction of sp³-hybridized carbons (Fsp3) is 0.200. The molecule has 1 spiro atoms. The van der Waals surface area contributed by atoms with Crippen molar-refractivity contribution in [3.05, 3.63) is 64.5 Å². The van der Waals surface area contributed by atoms with Crippen molar-refractivity contribution in [3.8, 4) is 17.2 Å². The number of carbonyl (C=O) groups excluding carboxylic acids is 2. The number of hydrogen-bond donors (Lipinski definition) is 1. The largest absolute Gasteiger partial charge is 0.493 e. The van der Waals surface area contributed by atoms with Crippen LogP contribution >= 0.6 is 15.9 Å². The average Bonchev–Trinajstić information content (AvgIpc) is 3.28. The van der Waals surface area contributed by atoms with Crippen LogP contribution in [0.1, 0.15) is 17.9 Å². The molecule has 3 amide bonds. The zero-order valence-electron chi connectivity index (χ0n) is 15.1. The summed E-state index contributed by atoms with van der Waals surface area (Å²) in [6.07, 6.45) is 0.358. The highest BCUT2D eigenvalue weighted by Gasteiger charge is 2.55. The molecule has 146 valence electrons. The molecule has 1 atom stereocenters. The third kappa shape index (κ3) is 2.80. The maximum absolute atomic E-state index is 13.3. The van der Waals surface area contributed by atoms with Gasteiger partial charge in [0.25, 0.3) is 5.91 Å². The third-order valence-corrected chi connectivity index (χ3v) is 5.81. The van der Waals surface area contributed by atoms with Gasteiger partial charge in [0.1, 0.15) is 12.3 Å². The van der Waals surface area contributed by atoms with Gasteiger partial charge in [-0.2, -0.15) is 0 Å². The van der Waals surface area contributed by atoms with Gasteiger partial charge in [0, 0.05) is 16.5 Å². The normalized spacial score (nSPS) is 20.5. The molecule has 0 bridgehead atoms. The van der Waals surface area contributed by atoms with E-state index in [0.717, 1.165) is 14.9 Å². The van der Waals surface area contributed by atoms with Gasteiger partial charge in [0.2, 0.25) is 11.8 Å². The summed E-state index contributed by atoms with van der Waals surface area (Å²) in [5, 5.41) is 10.9.